The Morgan fingerprint density at radius 3 is 2.78 bits per heavy atom. The maximum absolute atomic E-state index is 11.5. The quantitative estimate of drug-likeness (QED) is 0.726. The highest BCUT2D eigenvalue weighted by Gasteiger charge is 2.17. The van der Waals surface area contributed by atoms with Crippen LogP contribution < -0.4 is 10.6 Å². The van der Waals surface area contributed by atoms with E-state index in [1.165, 1.54) is 7.11 Å². The Hall–Kier alpha value is -1.60. The molecule has 100 valence electrons. The van der Waals surface area contributed by atoms with Crippen molar-refractivity contribution in [2.45, 2.75) is 19.1 Å². The van der Waals surface area contributed by atoms with Gasteiger partial charge in [-0.05, 0) is 18.4 Å². The van der Waals surface area contributed by atoms with Gasteiger partial charge in [-0.25, -0.2) is 9.59 Å². The summed E-state index contributed by atoms with van der Waals surface area (Å²) in [5.74, 6) is -1.11. The Kier molecular flexibility index (Phi) is 5.60. The number of aliphatic carboxylic acids is 1. The second-order valence-electron chi connectivity index (χ2n) is 3.65. The van der Waals surface area contributed by atoms with E-state index < -0.39 is 18.1 Å². The van der Waals surface area contributed by atoms with Gasteiger partial charge in [0.05, 0.1) is 12.6 Å². The van der Waals surface area contributed by atoms with E-state index in [1.54, 1.807) is 11.3 Å². The Labute approximate surface area is 109 Å². The third kappa shape index (κ3) is 4.34. The molecule has 0 fully saturated rings. The molecule has 6 nitrogen and oxygen atoms in total. The first-order valence-electron chi connectivity index (χ1n) is 5.38. The highest BCUT2D eigenvalue weighted by Crippen LogP contribution is 2.17. The number of ether oxygens (including phenoxy) is 1. The average Bonchev–Trinajstić information content (AvgIpc) is 2.82. The number of urea groups is 1. The first-order valence-corrected chi connectivity index (χ1v) is 6.26. The first kappa shape index (κ1) is 14.5. The monoisotopic (exact) mass is 272 g/mol. The molecule has 1 heterocycles. The molecule has 3 N–H and O–H groups in total. The van der Waals surface area contributed by atoms with E-state index in [9.17, 15) is 9.59 Å². The summed E-state index contributed by atoms with van der Waals surface area (Å²) in [6, 6.07) is 3.29. The molecule has 0 saturated carbocycles. The molecule has 1 rings (SSSR count). The molecule has 0 radical (unpaired) electrons. The fraction of sp³-hybridized carbons (Fsp3) is 0.455. The maximum Gasteiger partial charge on any atom is 0.334 e. The standard InChI is InChI=1S/C11H16N2O4S/c1-7(9-4-3-5-18-9)13-11(16)12-6-8(17-2)10(14)15/h3-5,7-8H,6H2,1-2H3,(H,14,15)(H2,12,13,16). The number of carboxylic acids is 1. The lowest BCUT2D eigenvalue weighted by molar-refractivity contribution is -0.147. The molecule has 2 unspecified atom stereocenters. The largest absolute Gasteiger partial charge is 0.479 e. The van der Waals surface area contributed by atoms with E-state index in [2.05, 4.69) is 10.6 Å². The molecule has 7 heteroatoms. The van der Waals surface area contributed by atoms with E-state index in [-0.39, 0.29) is 12.6 Å². The zero-order valence-corrected chi connectivity index (χ0v) is 11.0. The summed E-state index contributed by atoms with van der Waals surface area (Å²) in [5, 5.41) is 15.8. The summed E-state index contributed by atoms with van der Waals surface area (Å²) in [6.45, 7) is 1.78. The van der Waals surface area contributed by atoms with Crippen molar-refractivity contribution >= 4 is 23.3 Å². The summed E-state index contributed by atoms with van der Waals surface area (Å²) in [5.41, 5.74) is 0. The van der Waals surface area contributed by atoms with Crippen molar-refractivity contribution in [1.82, 2.24) is 10.6 Å². The molecule has 1 aromatic rings. The average molecular weight is 272 g/mol. The van der Waals surface area contributed by atoms with Gasteiger partial charge in [0.1, 0.15) is 0 Å². The van der Waals surface area contributed by atoms with Gasteiger partial charge < -0.3 is 20.5 Å². The van der Waals surface area contributed by atoms with Crippen molar-refractivity contribution < 1.29 is 19.4 Å². The van der Waals surface area contributed by atoms with Crippen LogP contribution in [0.25, 0.3) is 0 Å². The van der Waals surface area contributed by atoms with Crippen LogP contribution in [0.5, 0.6) is 0 Å². The van der Waals surface area contributed by atoms with Crippen molar-refractivity contribution in [3.8, 4) is 0 Å². The van der Waals surface area contributed by atoms with Gasteiger partial charge >= 0.3 is 12.0 Å². The van der Waals surface area contributed by atoms with E-state index in [1.807, 2.05) is 24.4 Å². The van der Waals surface area contributed by atoms with Crippen LogP contribution in [0, 0.1) is 0 Å². The topological polar surface area (TPSA) is 87.7 Å². The summed E-state index contributed by atoms with van der Waals surface area (Å²) in [6.07, 6.45) is -1.03. The minimum Gasteiger partial charge on any atom is -0.479 e. The number of carboxylic acid groups (broad SMARTS) is 1. The van der Waals surface area contributed by atoms with Crippen LogP contribution in [0.1, 0.15) is 17.8 Å². The van der Waals surface area contributed by atoms with Gasteiger partial charge in [-0.2, -0.15) is 0 Å². The predicted octanol–water partition coefficient (Wildman–Crippen LogP) is 1.21. The van der Waals surface area contributed by atoms with Crippen LogP contribution in [-0.4, -0.2) is 36.9 Å². The van der Waals surface area contributed by atoms with Crippen LogP contribution in [0.2, 0.25) is 0 Å². The molecule has 1 aromatic heterocycles. The number of methoxy groups -OCH3 is 1. The van der Waals surface area contributed by atoms with Crippen molar-refractivity contribution in [3.63, 3.8) is 0 Å². The number of hydrogen-bond acceptors (Lipinski definition) is 4. The Morgan fingerprint density at radius 1 is 1.56 bits per heavy atom. The lowest BCUT2D eigenvalue weighted by atomic mass is 10.3. The highest BCUT2D eigenvalue weighted by molar-refractivity contribution is 7.10. The summed E-state index contributed by atoms with van der Waals surface area (Å²) in [4.78, 5) is 23.2. The normalized spacial score (nSPS) is 13.7. The lowest BCUT2D eigenvalue weighted by Gasteiger charge is -2.15. The van der Waals surface area contributed by atoms with Gasteiger partial charge in [-0.1, -0.05) is 6.07 Å². The number of carbonyl (C=O) groups is 2. The minimum absolute atomic E-state index is 0.0746. The fourth-order valence-corrected chi connectivity index (χ4v) is 2.05. The molecule has 0 saturated heterocycles. The summed E-state index contributed by atoms with van der Waals surface area (Å²) in [7, 11) is 1.28. The van der Waals surface area contributed by atoms with Crippen molar-refractivity contribution in [2.24, 2.45) is 0 Å². The van der Waals surface area contributed by atoms with Crippen molar-refractivity contribution in [2.75, 3.05) is 13.7 Å². The number of nitrogens with one attached hydrogen (secondary N) is 2. The van der Waals surface area contributed by atoms with Crippen LogP contribution in [0.4, 0.5) is 4.79 Å². The van der Waals surface area contributed by atoms with Crippen LogP contribution in [0.3, 0.4) is 0 Å². The van der Waals surface area contributed by atoms with Gasteiger partial charge in [-0.3, -0.25) is 0 Å². The zero-order valence-electron chi connectivity index (χ0n) is 10.2. The van der Waals surface area contributed by atoms with Gasteiger partial charge in [0.2, 0.25) is 0 Å². The molecule has 0 spiro atoms. The van der Waals surface area contributed by atoms with E-state index in [0.717, 1.165) is 4.88 Å². The first-order chi connectivity index (χ1) is 8.54. The Morgan fingerprint density at radius 2 is 2.28 bits per heavy atom. The molecule has 0 aliphatic carbocycles. The van der Waals surface area contributed by atoms with Crippen LogP contribution >= 0.6 is 11.3 Å². The van der Waals surface area contributed by atoms with E-state index in [0.29, 0.717) is 0 Å². The number of thiophene rings is 1. The van der Waals surface area contributed by atoms with Crippen molar-refractivity contribution in [1.29, 1.82) is 0 Å². The van der Waals surface area contributed by atoms with E-state index in [4.69, 9.17) is 9.84 Å². The highest BCUT2D eigenvalue weighted by atomic mass is 32.1. The molecule has 0 aliphatic heterocycles. The third-order valence-corrected chi connectivity index (χ3v) is 3.38. The van der Waals surface area contributed by atoms with Gasteiger partial charge in [0.25, 0.3) is 0 Å². The molecule has 0 aromatic carbocycles. The summed E-state index contributed by atoms with van der Waals surface area (Å²) >= 11 is 1.55. The molecular weight excluding hydrogens is 256 g/mol. The van der Waals surface area contributed by atoms with Crippen LogP contribution in [0.15, 0.2) is 17.5 Å². The molecular formula is C11H16N2O4S. The SMILES string of the molecule is COC(CNC(=O)NC(C)c1cccs1)C(=O)O. The molecule has 0 aliphatic rings. The maximum atomic E-state index is 11.5. The molecule has 18 heavy (non-hydrogen) atoms. The predicted molar refractivity (Wildman–Crippen MR) is 67.7 cm³/mol. The number of hydrogen-bond donors (Lipinski definition) is 3. The Balaban J connectivity index is 2.35. The number of rotatable bonds is 6. The van der Waals surface area contributed by atoms with E-state index >= 15 is 0 Å². The molecule has 0 bridgehead atoms. The van der Waals surface area contributed by atoms with Gasteiger partial charge in [-0.15, -0.1) is 11.3 Å². The molecule has 2 atom stereocenters. The molecule has 2 amide bonds. The smallest absolute Gasteiger partial charge is 0.334 e. The lowest BCUT2D eigenvalue weighted by Crippen LogP contribution is -2.43. The third-order valence-electron chi connectivity index (χ3n) is 2.33. The zero-order chi connectivity index (χ0) is 13.5. The van der Waals surface area contributed by atoms with Crippen LogP contribution in [-0.2, 0) is 9.53 Å². The van der Waals surface area contributed by atoms with Crippen molar-refractivity contribution in [3.05, 3.63) is 22.4 Å². The van der Waals surface area contributed by atoms with Gasteiger partial charge in [0.15, 0.2) is 6.10 Å². The second kappa shape index (κ2) is 6.97. The number of amides is 2. The second-order valence-corrected chi connectivity index (χ2v) is 4.63. The number of carbonyl (C=O) groups excluding carboxylic acids is 1. The minimum atomic E-state index is -1.11. The summed E-state index contributed by atoms with van der Waals surface area (Å²) < 4.78 is 4.70. The van der Waals surface area contributed by atoms with Gasteiger partial charge in [0, 0.05) is 12.0 Å². The Bertz CT molecular complexity index is 394. The fourth-order valence-electron chi connectivity index (χ4n) is 1.31.